The summed E-state index contributed by atoms with van der Waals surface area (Å²) >= 11 is 0. The van der Waals surface area contributed by atoms with E-state index in [1.54, 1.807) is 36.8 Å². The number of carbonyl (C=O) groups excluding carboxylic acids is 1. The molecular weight excluding hydrogens is 307 g/mol. The average molecular weight is 322 g/mol. The van der Waals surface area contributed by atoms with Crippen molar-refractivity contribution in [2.45, 2.75) is 6.54 Å². The fourth-order valence-corrected chi connectivity index (χ4v) is 2.12. The van der Waals surface area contributed by atoms with Crippen molar-refractivity contribution in [3.63, 3.8) is 0 Å². The molecule has 6 heteroatoms. The molecule has 0 spiro atoms. The van der Waals surface area contributed by atoms with Crippen molar-refractivity contribution in [1.82, 2.24) is 9.97 Å². The molecule has 2 heterocycles. The van der Waals surface area contributed by atoms with Gasteiger partial charge in [-0.05, 0) is 29.8 Å². The molecule has 3 aromatic rings. The van der Waals surface area contributed by atoms with Crippen LogP contribution < -0.4 is 10.6 Å². The molecule has 2 N–H and O–H groups in total. The number of carbonyl (C=O) groups is 1. The Morgan fingerprint density at radius 1 is 1.04 bits per heavy atom. The zero-order chi connectivity index (χ0) is 16.8. The predicted molar refractivity (Wildman–Crippen MR) is 90.2 cm³/mol. The maximum atomic E-state index is 13.6. The highest BCUT2D eigenvalue weighted by atomic mass is 19.1. The molecule has 0 radical (unpaired) electrons. The molecule has 1 aromatic carbocycles. The lowest BCUT2D eigenvalue weighted by molar-refractivity contribution is 0.102. The zero-order valence-electron chi connectivity index (χ0n) is 12.7. The zero-order valence-corrected chi connectivity index (χ0v) is 12.7. The minimum Gasteiger partial charge on any atom is -0.380 e. The largest absolute Gasteiger partial charge is 0.380 e. The maximum absolute atomic E-state index is 13.6. The Labute approximate surface area is 138 Å². The van der Waals surface area contributed by atoms with Gasteiger partial charge in [-0.1, -0.05) is 18.2 Å². The van der Waals surface area contributed by atoms with Crippen LogP contribution in [0.5, 0.6) is 0 Å². The van der Waals surface area contributed by atoms with Crippen molar-refractivity contribution in [1.29, 1.82) is 0 Å². The Kier molecular flexibility index (Phi) is 4.76. The van der Waals surface area contributed by atoms with E-state index in [9.17, 15) is 9.18 Å². The highest BCUT2D eigenvalue weighted by Crippen LogP contribution is 2.15. The molecule has 1 amide bonds. The van der Waals surface area contributed by atoms with Crippen LogP contribution in [-0.2, 0) is 6.54 Å². The second kappa shape index (κ2) is 7.32. The molecule has 0 saturated carbocycles. The van der Waals surface area contributed by atoms with Crippen molar-refractivity contribution in [3.8, 4) is 0 Å². The lowest BCUT2D eigenvalue weighted by Gasteiger charge is -2.09. The molecule has 2 aromatic heterocycles. The van der Waals surface area contributed by atoms with Crippen LogP contribution in [0.1, 0.15) is 15.9 Å². The van der Waals surface area contributed by atoms with Crippen molar-refractivity contribution in [2.24, 2.45) is 0 Å². The number of nitrogens with zero attached hydrogens (tertiary/aromatic N) is 2. The molecule has 0 atom stereocenters. The van der Waals surface area contributed by atoms with Crippen molar-refractivity contribution in [2.75, 3.05) is 10.6 Å². The van der Waals surface area contributed by atoms with E-state index in [0.29, 0.717) is 17.8 Å². The predicted octanol–water partition coefficient (Wildman–Crippen LogP) is 3.48. The summed E-state index contributed by atoms with van der Waals surface area (Å²) in [5, 5.41) is 5.71. The topological polar surface area (TPSA) is 66.9 Å². The number of anilines is 2. The maximum Gasteiger partial charge on any atom is 0.257 e. The van der Waals surface area contributed by atoms with Crippen molar-refractivity contribution in [3.05, 3.63) is 84.2 Å². The second-order valence-corrected chi connectivity index (χ2v) is 5.11. The molecule has 120 valence electrons. The lowest BCUT2D eigenvalue weighted by atomic mass is 10.2. The molecule has 0 unspecified atom stereocenters. The molecule has 0 aliphatic heterocycles. The molecule has 5 nitrogen and oxygen atoms in total. The summed E-state index contributed by atoms with van der Waals surface area (Å²) in [6.45, 7) is 0.563. The molecule has 0 fully saturated rings. The number of hydrogen-bond donors (Lipinski definition) is 2. The Bertz CT molecular complexity index is 839. The van der Waals surface area contributed by atoms with E-state index < -0.39 is 11.7 Å². The second-order valence-electron chi connectivity index (χ2n) is 5.11. The van der Waals surface area contributed by atoms with Gasteiger partial charge in [-0.25, -0.2) is 4.39 Å². The summed E-state index contributed by atoms with van der Waals surface area (Å²) in [6, 6.07) is 11.5. The summed E-state index contributed by atoms with van der Waals surface area (Å²) in [5.74, 6) is -0.901. The van der Waals surface area contributed by atoms with Gasteiger partial charge in [0.1, 0.15) is 5.82 Å². The number of pyridine rings is 2. The van der Waals surface area contributed by atoms with Gasteiger partial charge in [0.05, 0.1) is 16.9 Å². The molecule has 3 rings (SSSR count). The van der Waals surface area contributed by atoms with Crippen LogP contribution in [0.4, 0.5) is 15.8 Å². The number of benzene rings is 1. The fourth-order valence-electron chi connectivity index (χ4n) is 2.12. The van der Waals surface area contributed by atoms with Gasteiger partial charge in [-0.2, -0.15) is 0 Å². The Balaban J connectivity index is 1.68. The first-order valence-corrected chi connectivity index (χ1v) is 7.36. The minimum atomic E-state index is -0.482. The van der Waals surface area contributed by atoms with E-state index in [-0.39, 0.29) is 5.69 Å². The number of nitrogens with one attached hydrogen (secondary N) is 2. The first-order chi connectivity index (χ1) is 11.7. The van der Waals surface area contributed by atoms with Crippen LogP contribution in [0.25, 0.3) is 0 Å². The van der Waals surface area contributed by atoms with Crippen LogP contribution in [0.3, 0.4) is 0 Å². The lowest BCUT2D eigenvalue weighted by Crippen LogP contribution is -2.13. The average Bonchev–Trinajstić information content (AvgIpc) is 2.63. The molecule has 0 aliphatic carbocycles. The smallest absolute Gasteiger partial charge is 0.257 e. The minimum absolute atomic E-state index is 0.135. The molecule has 24 heavy (non-hydrogen) atoms. The van der Waals surface area contributed by atoms with E-state index in [2.05, 4.69) is 20.6 Å². The molecule has 0 bridgehead atoms. The van der Waals surface area contributed by atoms with Gasteiger partial charge in [0, 0.05) is 31.3 Å². The number of rotatable bonds is 5. The Morgan fingerprint density at radius 2 is 1.92 bits per heavy atom. The first-order valence-electron chi connectivity index (χ1n) is 7.36. The van der Waals surface area contributed by atoms with E-state index in [0.717, 1.165) is 5.56 Å². The Hall–Kier alpha value is -3.28. The standard InChI is InChI=1S/C18H15FN4O/c19-16-5-1-2-6-17(16)23-18(24)14-8-15(12-21-11-14)22-10-13-4-3-7-20-9-13/h1-9,11-12,22H,10H2,(H,23,24). The van der Waals surface area contributed by atoms with Gasteiger partial charge >= 0.3 is 0 Å². The van der Waals surface area contributed by atoms with Crippen LogP contribution in [0.2, 0.25) is 0 Å². The van der Waals surface area contributed by atoms with Crippen LogP contribution in [0, 0.1) is 5.82 Å². The number of para-hydroxylation sites is 1. The van der Waals surface area contributed by atoms with Gasteiger partial charge in [0.15, 0.2) is 0 Å². The van der Waals surface area contributed by atoms with Gasteiger partial charge in [-0.3, -0.25) is 14.8 Å². The van der Waals surface area contributed by atoms with Crippen LogP contribution in [-0.4, -0.2) is 15.9 Å². The summed E-state index contributed by atoms with van der Waals surface area (Å²) in [4.78, 5) is 20.3. The number of halogens is 1. The van der Waals surface area contributed by atoms with Gasteiger partial charge < -0.3 is 10.6 Å². The first kappa shape index (κ1) is 15.6. The normalized spacial score (nSPS) is 10.2. The summed E-state index contributed by atoms with van der Waals surface area (Å²) in [6.07, 6.45) is 6.52. The highest BCUT2D eigenvalue weighted by Gasteiger charge is 2.10. The molecule has 0 aliphatic rings. The van der Waals surface area contributed by atoms with Gasteiger partial charge in [0.25, 0.3) is 5.91 Å². The van der Waals surface area contributed by atoms with Gasteiger partial charge in [-0.15, -0.1) is 0 Å². The number of aromatic nitrogens is 2. The summed E-state index contributed by atoms with van der Waals surface area (Å²) in [7, 11) is 0. The fraction of sp³-hybridized carbons (Fsp3) is 0.0556. The quantitative estimate of drug-likeness (QED) is 0.755. The Morgan fingerprint density at radius 3 is 2.71 bits per heavy atom. The monoisotopic (exact) mass is 322 g/mol. The third kappa shape index (κ3) is 3.92. The van der Waals surface area contributed by atoms with Crippen molar-refractivity contribution >= 4 is 17.3 Å². The number of amides is 1. The van der Waals surface area contributed by atoms with Crippen molar-refractivity contribution < 1.29 is 9.18 Å². The van der Waals surface area contributed by atoms with E-state index in [1.165, 1.54) is 18.3 Å². The molecular formula is C18H15FN4O. The molecule has 0 saturated heterocycles. The summed E-state index contributed by atoms with van der Waals surface area (Å²) in [5.41, 5.74) is 2.18. The van der Waals surface area contributed by atoms with Crippen LogP contribution in [0.15, 0.2) is 67.3 Å². The third-order valence-corrected chi connectivity index (χ3v) is 3.34. The highest BCUT2D eigenvalue weighted by molar-refractivity contribution is 6.04. The van der Waals surface area contributed by atoms with E-state index in [4.69, 9.17) is 0 Å². The summed E-state index contributed by atoms with van der Waals surface area (Å²) < 4.78 is 13.6. The van der Waals surface area contributed by atoms with Gasteiger partial charge in [0.2, 0.25) is 0 Å². The van der Waals surface area contributed by atoms with Crippen LogP contribution >= 0.6 is 0 Å². The SMILES string of the molecule is O=C(Nc1ccccc1F)c1cncc(NCc2cccnc2)c1. The third-order valence-electron chi connectivity index (χ3n) is 3.34. The number of hydrogen-bond acceptors (Lipinski definition) is 4. The van der Waals surface area contributed by atoms with E-state index in [1.807, 2.05) is 12.1 Å². The van der Waals surface area contributed by atoms with E-state index >= 15 is 0 Å².